The number of carboxylic acid groups (broad SMARTS) is 1. The molecule has 4 rings (SSSR count). The van der Waals surface area contributed by atoms with Gasteiger partial charge in [0.1, 0.15) is 11.2 Å². The molecule has 0 aliphatic heterocycles. The minimum Gasteiger partial charge on any atom is -0.478 e. The zero-order valence-corrected chi connectivity index (χ0v) is 17.4. The van der Waals surface area contributed by atoms with Crippen LogP contribution in [0, 0.1) is 20.8 Å². The van der Waals surface area contributed by atoms with E-state index in [9.17, 15) is 19.5 Å². The van der Waals surface area contributed by atoms with Crippen LogP contribution in [0.3, 0.4) is 0 Å². The van der Waals surface area contributed by atoms with Crippen molar-refractivity contribution in [3.05, 3.63) is 80.4 Å². The van der Waals surface area contributed by atoms with Gasteiger partial charge in [0.15, 0.2) is 0 Å². The third-order valence-electron chi connectivity index (χ3n) is 5.67. The van der Waals surface area contributed by atoms with E-state index in [-0.39, 0.29) is 16.8 Å². The van der Waals surface area contributed by atoms with Gasteiger partial charge in [-0.2, -0.15) is 0 Å². The average Bonchev–Trinajstić information content (AvgIpc) is 3.16. The van der Waals surface area contributed by atoms with Crippen LogP contribution in [-0.4, -0.2) is 23.5 Å². The van der Waals surface area contributed by atoms with Gasteiger partial charge in [0.2, 0.25) is 0 Å². The SMILES string of the molecule is Cc1c(C)c2cc3c(CCNC(=O)c4ccccc4C(=O)O)coc3c(C)c2oc1=O. The number of nitrogens with one attached hydrogen (secondary N) is 1. The van der Waals surface area contributed by atoms with Gasteiger partial charge in [0, 0.05) is 28.4 Å². The fourth-order valence-electron chi connectivity index (χ4n) is 3.77. The third kappa shape index (κ3) is 3.48. The number of carbonyl (C=O) groups excluding carboxylic acids is 1. The predicted octanol–water partition coefficient (Wildman–Crippen LogP) is 4.14. The Bertz CT molecular complexity index is 1410. The standard InChI is InChI=1S/C24H21NO6/c1-12-13(2)24(29)31-21-14(3)20-19(10-18(12)21)15(11-30-20)8-9-25-22(26)16-6-4-5-7-17(16)23(27)28/h4-7,10-11H,8-9H2,1-3H3,(H,25,26)(H,27,28). The highest BCUT2D eigenvalue weighted by Gasteiger charge is 2.18. The Labute approximate surface area is 177 Å². The van der Waals surface area contributed by atoms with E-state index in [0.29, 0.717) is 29.7 Å². The summed E-state index contributed by atoms with van der Waals surface area (Å²) < 4.78 is 11.2. The van der Waals surface area contributed by atoms with Crippen LogP contribution in [0.1, 0.15) is 43.0 Å². The lowest BCUT2D eigenvalue weighted by Crippen LogP contribution is -2.27. The number of furan rings is 1. The average molecular weight is 419 g/mol. The zero-order valence-electron chi connectivity index (χ0n) is 17.4. The van der Waals surface area contributed by atoms with Gasteiger partial charge >= 0.3 is 11.6 Å². The van der Waals surface area contributed by atoms with Crippen LogP contribution in [0.15, 0.2) is 50.2 Å². The number of fused-ring (bicyclic) bond motifs is 2. The Morgan fingerprint density at radius 1 is 0.968 bits per heavy atom. The Balaban J connectivity index is 1.61. The second-order valence-electron chi connectivity index (χ2n) is 7.51. The molecule has 158 valence electrons. The van der Waals surface area contributed by atoms with Crippen molar-refractivity contribution in [2.24, 2.45) is 0 Å². The molecule has 1 amide bonds. The van der Waals surface area contributed by atoms with E-state index in [4.69, 9.17) is 8.83 Å². The summed E-state index contributed by atoms with van der Waals surface area (Å²) in [5.74, 6) is -1.59. The van der Waals surface area contributed by atoms with E-state index in [0.717, 1.165) is 27.5 Å². The second-order valence-corrected chi connectivity index (χ2v) is 7.51. The summed E-state index contributed by atoms with van der Waals surface area (Å²) in [6.45, 7) is 5.78. The van der Waals surface area contributed by atoms with E-state index in [1.165, 1.54) is 12.1 Å². The molecule has 7 nitrogen and oxygen atoms in total. The number of aryl methyl sites for hydroxylation is 2. The summed E-state index contributed by atoms with van der Waals surface area (Å²) in [5.41, 5.74) is 3.95. The molecule has 0 atom stereocenters. The first kappa shape index (κ1) is 20.4. The molecular weight excluding hydrogens is 398 g/mol. The first-order chi connectivity index (χ1) is 14.8. The number of rotatable bonds is 5. The zero-order chi connectivity index (χ0) is 22.3. The lowest BCUT2D eigenvalue weighted by Gasteiger charge is -2.09. The smallest absolute Gasteiger partial charge is 0.339 e. The fraction of sp³-hybridized carbons (Fsp3) is 0.208. The summed E-state index contributed by atoms with van der Waals surface area (Å²) in [5, 5.41) is 13.8. The van der Waals surface area contributed by atoms with Crippen LogP contribution in [0.2, 0.25) is 0 Å². The molecule has 2 aromatic heterocycles. The second kappa shape index (κ2) is 7.75. The van der Waals surface area contributed by atoms with Gasteiger partial charge in [-0.05, 0) is 56.5 Å². The van der Waals surface area contributed by atoms with Crippen molar-refractivity contribution >= 4 is 33.8 Å². The molecule has 0 fully saturated rings. The number of carboxylic acids is 1. The van der Waals surface area contributed by atoms with Gasteiger partial charge in [-0.15, -0.1) is 0 Å². The van der Waals surface area contributed by atoms with E-state index in [1.807, 2.05) is 19.9 Å². The van der Waals surface area contributed by atoms with Crippen LogP contribution in [0.4, 0.5) is 0 Å². The molecule has 0 unspecified atom stereocenters. The minimum atomic E-state index is -1.15. The Kier molecular flexibility index (Phi) is 5.10. The molecule has 0 radical (unpaired) electrons. The Hall–Kier alpha value is -3.87. The first-order valence-corrected chi connectivity index (χ1v) is 9.83. The van der Waals surface area contributed by atoms with Crippen LogP contribution >= 0.6 is 0 Å². The fourth-order valence-corrected chi connectivity index (χ4v) is 3.77. The molecule has 4 aromatic rings. The quantitative estimate of drug-likeness (QED) is 0.471. The molecule has 0 saturated carbocycles. The molecule has 2 aromatic carbocycles. The molecular formula is C24H21NO6. The van der Waals surface area contributed by atoms with Gasteiger partial charge in [0.25, 0.3) is 5.91 Å². The molecule has 31 heavy (non-hydrogen) atoms. The lowest BCUT2D eigenvalue weighted by atomic mass is 10.00. The van der Waals surface area contributed by atoms with Crippen molar-refractivity contribution in [3.63, 3.8) is 0 Å². The topological polar surface area (TPSA) is 110 Å². The van der Waals surface area contributed by atoms with Crippen molar-refractivity contribution in [2.75, 3.05) is 6.54 Å². The van der Waals surface area contributed by atoms with Gasteiger partial charge in [-0.1, -0.05) is 12.1 Å². The number of aromatic carboxylic acids is 1. The molecule has 0 spiro atoms. The number of benzene rings is 2. The lowest BCUT2D eigenvalue weighted by molar-refractivity contribution is 0.0691. The summed E-state index contributed by atoms with van der Waals surface area (Å²) in [4.78, 5) is 35.9. The van der Waals surface area contributed by atoms with E-state index in [2.05, 4.69) is 5.32 Å². The molecule has 0 saturated heterocycles. The van der Waals surface area contributed by atoms with Crippen molar-refractivity contribution in [2.45, 2.75) is 27.2 Å². The van der Waals surface area contributed by atoms with E-state index in [1.54, 1.807) is 25.3 Å². The van der Waals surface area contributed by atoms with Crippen molar-refractivity contribution < 1.29 is 23.5 Å². The molecule has 0 aliphatic rings. The van der Waals surface area contributed by atoms with Gasteiger partial charge in [-0.3, -0.25) is 4.79 Å². The minimum absolute atomic E-state index is 0.0387. The summed E-state index contributed by atoms with van der Waals surface area (Å²) >= 11 is 0. The van der Waals surface area contributed by atoms with Crippen molar-refractivity contribution in [1.29, 1.82) is 0 Å². The molecule has 0 aliphatic carbocycles. The number of carbonyl (C=O) groups is 2. The summed E-state index contributed by atoms with van der Waals surface area (Å²) in [6, 6.07) is 8.04. The Morgan fingerprint density at radius 3 is 2.39 bits per heavy atom. The molecule has 7 heteroatoms. The summed E-state index contributed by atoms with van der Waals surface area (Å²) in [6.07, 6.45) is 2.13. The van der Waals surface area contributed by atoms with E-state index >= 15 is 0 Å². The van der Waals surface area contributed by atoms with Crippen LogP contribution in [0.5, 0.6) is 0 Å². The van der Waals surface area contributed by atoms with Gasteiger partial charge in [0.05, 0.1) is 17.4 Å². The molecule has 0 bridgehead atoms. The maximum atomic E-state index is 12.5. The number of amides is 1. The Morgan fingerprint density at radius 2 is 1.68 bits per heavy atom. The maximum absolute atomic E-state index is 12.5. The maximum Gasteiger partial charge on any atom is 0.339 e. The third-order valence-corrected chi connectivity index (χ3v) is 5.67. The monoisotopic (exact) mass is 419 g/mol. The number of hydrogen-bond acceptors (Lipinski definition) is 5. The predicted molar refractivity (Wildman–Crippen MR) is 116 cm³/mol. The van der Waals surface area contributed by atoms with Crippen molar-refractivity contribution in [3.8, 4) is 0 Å². The van der Waals surface area contributed by atoms with Crippen LogP contribution in [0.25, 0.3) is 21.9 Å². The van der Waals surface area contributed by atoms with Crippen molar-refractivity contribution in [1.82, 2.24) is 5.32 Å². The number of hydrogen-bond donors (Lipinski definition) is 2. The molecule has 2 heterocycles. The summed E-state index contributed by atoms with van der Waals surface area (Å²) in [7, 11) is 0. The first-order valence-electron chi connectivity index (χ1n) is 9.83. The van der Waals surface area contributed by atoms with Crippen LogP contribution < -0.4 is 10.9 Å². The highest BCUT2D eigenvalue weighted by atomic mass is 16.4. The van der Waals surface area contributed by atoms with Gasteiger partial charge in [-0.25, -0.2) is 9.59 Å². The van der Waals surface area contributed by atoms with E-state index < -0.39 is 11.9 Å². The normalized spacial score (nSPS) is 11.2. The highest BCUT2D eigenvalue weighted by Crippen LogP contribution is 2.33. The molecule has 2 N–H and O–H groups in total. The van der Waals surface area contributed by atoms with Gasteiger partial charge < -0.3 is 19.3 Å². The largest absolute Gasteiger partial charge is 0.478 e. The van der Waals surface area contributed by atoms with Crippen LogP contribution in [-0.2, 0) is 6.42 Å². The highest BCUT2D eigenvalue weighted by molar-refractivity contribution is 6.05.